The van der Waals surface area contributed by atoms with E-state index in [9.17, 15) is 0 Å². The third-order valence-corrected chi connectivity index (χ3v) is 2.94. The van der Waals surface area contributed by atoms with Crippen LogP contribution in [0.1, 0.15) is 19.3 Å². The molecular formula is C8H17ClN2. The Morgan fingerprint density at radius 1 is 1.36 bits per heavy atom. The van der Waals surface area contributed by atoms with Gasteiger partial charge in [0.05, 0.1) is 0 Å². The largest absolute Gasteiger partial charge is 0.310 e. The number of likely N-dealkylation sites (N-methyl/N-ethyl adjacent to an activating group) is 1. The monoisotopic (exact) mass is 176 g/mol. The van der Waals surface area contributed by atoms with Crippen LogP contribution < -0.4 is 5.32 Å². The number of nitrogens with zero attached hydrogens (tertiary/aromatic N) is 1. The van der Waals surface area contributed by atoms with E-state index in [2.05, 4.69) is 24.3 Å². The molecule has 2 aliphatic rings. The molecule has 1 N–H and O–H groups in total. The molecule has 1 unspecified atom stereocenters. The van der Waals surface area contributed by atoms with Crippen LogP contribution >= 0.6 is 12.4 Å². The Balaban J connectivity index is 0.000000605. The molecule has 66 valence electrons. The highest BCUT2D eigenvalue weighted by atomic mass is 35.5. The normalized spacial score (nSPS) is 32.5. The van der Waals surface area contributed by atoms with Gasteiger partial charge in [0.2, 0.25) is 0 Å². The van der Waals surface area contributed by atoms with Crippen molar-refractivity contribution in [1.29, 1.82) is 0 Å². The summed E-state index contributed by atoms with van der Waals surface area (Å²) < 4.78 is 0. The van der Waals surface area contributed by atoms with Gasteiger partial charge in [-0.1, -0.05) is 0 Å². The molecule has 0 amide bonds. The van der Waals surface area contributed by atoms with Gasteiger partial charge < -0.3 is 10.2 Å². The maximum Gasteiger partial charge on any atom is 0.0338 e. The first-order valence-electron chi connectivity index (χ1n) is 4.16. The Kier molecular flexibility index (Phi) is 2.47. The van der Waals surface area contributed by atoms with Gasteiger partial charge in [0.1, 0.15) is 0 Å². The Morgan fingerprint density at radius 3 is 2.36 bits per heavy atom. The van der Waals surface area contributed by atoms with Gasteiger partial charge >= 0.3 is 0 Å². The molecule has 0 aromatic heterocycles. The number of halogens is 1. The first kappa shape index (κ1) is 9.30. The third-order valence-electron chi connectivity index (χ3n) is 2.94. The standard InChI is InChI=1S/C8H16N2.ClH/c1-10(2)7-3-6-9-8(7)4-5-8;/h7,9H,3-6H2,1-2H3;1H. The molecule has 1 aliphatic heterocycles. The van der Waals surface area contributed by atoms with E-state index in [4.69, 9.17) is 0 Å². The number of hydrogen-bond acceptors (Lipinski definition) is 2. The van der Waals surface area contributed by atoms with Crippen LogP contribution in [0.2, 0.25) is 0 Å². The van der Waals surface area contributed by atoms with Gasteiger partial charge in [-0.2, -0.15) is 0 Å². The molecular weight excluding hydrogens is 160 g/mol. The zero-order valence-electron chi connectivity index (χ0n) is 7.26. The van der Waals surface area contributed by atoms with Crippen molar-refractivity contribution in [2.45, 2.75) is 30.8 Å². The van der Waals surface area contributed by atoms with Gasteiger partial charge in [-0.3, -0.25) is 0 Å². The lowest BCUT2D eigenvalue weighted by molar-refractivity contribution is 0.257. The van der Waals surface area contributed by atoms with Crippen LogP contribution in [0.15, 0.2) is 0 Å². The lowest BCUT2D eigenvalue weighted by Gasteiger charge is -2.25. The summed E-state index contributed by atoms with van der Waals surface area (Å²) in [5, 5.41) is 3.60. The molecule has 1 atom stereocenters. The summed E-state index contributed by atoms with van der Waals surface area (Å²) in [6.07, 6.45) is 4.14. The van der Waals surface area contributed by atoms with Gasteiger partial charge in [-0.25, -0.2) is 0 Å². The second-order valence-corrected chi connectivity index (χ2v) is 3.85. The quantitative estimate of drug-likeness (QED) is 0.638. The molecule has 1 heterocycles. The minimum atomic E-state index is 0. The maximum absolute atomic E-state index is 3.60. The topological polar surface area (TPSA) is 15.3 Å². The fourth-order valence-corrected chi connectivity index (χ4v) is 2.25. The lowest BCUT2D eigenvalue weighted by Crippen LogP contribution is -2.41. The average molecular weight is 177 g/mol. The Hall–Kier alpha value is 0.210. The van der Waals surface area contributed by atoms with Crippen LogP contribution in [0.25, 0.3) is 0 Å². The van der Waals surface area contributed by atoms with E-state index in [1.807, 2.05) is 0 Å². The SMILES string of the molecule is CN(C)C1CCNC12CC2.Cl. The van der Waals surface area contributed by atoms with Crippen molar-refractivity contribution in [3.05, 3.63) is 0 Å². The van der Waals surface area contributed by atoms with Gasteiger partial charge in [0.25, 0.3) is 0 Å². The lowest BCUT2D eigenvalue weighted by atomic mass is 10.1. The Bertz CT molecular complexity index is 143. The van der Waals surface area contributed by atoms with Gasteiger partial charge in [0, 0.05) is 11.6 Å². The molecule has 1 spiro atoms. The molecule has 2 nitrogen and oxygen atoms in total. The summed E-state index contributed by atoms with van der Waals surface area (Å²) in [7, 11) is 4.38. The van der Waals surface area contributed by atoms with Crippen LogP contribution in [-0.4, -0.2) is 37.1 Å². The van der Waals surface area contributed by atoms with E-state index in [0.717, 1.165) is 6.04 Å². The highest BCUT2D eigenvalue weighted by Crippen LogP contribution is 2.44. The molecule has 0 bridgehead atoms. The fourth-order valence-electron chi connectivity index (χ4n) is 2.25. The zero-order chi connectivity index (χ0) is 7.19. The van der Waals surface area contributed by atoms with E-state index in [1.165, 1.54) is 25.8 Å². The summed E-state index contributed by atoms with van der Waals surface area (Å²) in [4.78, 5) is 2.37. The van der Waals surface area contributed by atoms with E-state index >= 15 is 0 Å². The van der Waals surface area contributed by atoms with E-state index in [1.54, 1.807) is 0 Å². The predicted molar refractivity (Wildman–Crippen MR) is 49.3 cm³/mol. The van der Waals surface area contributed by atoms with Gasteiger partial charge in [0.15, 0.2) is 0 Å². The van der Waals surface area contributed by atoms with Gasteiger partial charge in [-0.05, 0) is 39.9 Å². The average Bonchev–Trinajstić information content (AvgIpc) is 2.42. The molecule has 0 radical (unpaired) electrons. The van der Waals surface area contributed by atoms with Crippen molar-refractivity contribution in [3.63, 3.8) is 0 Å². The highest BCUT2D eigenvalue weighted by Gasteiger charge is 2.52. The second kappa shape index (κ2) is 2.92. The molecule has 0 aromatic rings. The van der Waals surface area contributed by atoms with Crippen molar-refractivity contribution < 1.29 is 0 Å². The minimum Gasteiger partial charge on any atom is -0.310 e. The summed E-state index contributed by atoms with van der Waals surface area (Å²) in [5.74, 6) is 0. The van der Waals surface area contributed by atoms with E-state index in [0.29, 0.717) is 5.54 Å². The van der Waals surface area contributed by atoms with Crippen molar-refractivity contribution in [2.75, 3.05) is 20.6 Å². The summed E-state index contributed by atoms with van der Waals surface area (Å²) in [5.41, 5.74) is 0.559. The zero-order valence-corrected chi connectivity index (χ0v) is 8.08. The fraction of sp³-hybridized carbons (Fsp3) is 1.00. The van der Waals surface area contributed by atoms with Crippen LogP contribution in [0.5, 0.6) is 0 Å². The molecule has 1 saturated heterocycles. The van der Waals surface area contributed by atoms with E-state index < -0.39 is 0 Å². The van der Waals surface area contributed by atoms with Crippen molar-refractivity contribution >= 4 is 12.4 Å². The van der Waals surface area contributed by atoms with Crippen LogP contribution in [0, 0.1) is 0 Å². The maximum atomic E-state index is 3.60. The van der Waals surface area contributed by atoms with Crippen LogP contribution in [0.4, 0.5) is 0 Å². The Morgan fingerprint density at radius 2 is 2.00 bits per heavy atom. The van der Waals surface area contributed by atoms with E-state index in [-0.39, 0.29) is 12.4 Å². The van der Waals surface area contributed by atoms with Crippen molar-refractivity contribution in [3.8, 4) is 0 Å². The number of nitrogens with one attached hydrogen (secondary N) is 1. The summed E-state index contributed by atoms with van der Waals surface area (Å²) >= 11 is 0. The minimum absolute atomic E-state index is 0. The second-order valence-electron chi connectivity index (χ2n) is 3.85. The first-order chi connectivity index (χ1) is 4.75. The molecule has 3 heteroatoms. The molecule has 1 saturated carbocycles. The van der Waals surface area contributed by atoms with Crippen molar-refractivity contribution in [2.24, 2.45) is 0 Å². The highest BCUT2D eigenvalue weighted by molar-refractivity contribution is 5.85. The molecule has 0 aromatic carbocycles. The first-order valence-corrected chi connectivity index (χ1v) is 4.16. The molecule has 11 heavy (non-hydrogen) atoms. The summed E-state index contributed by atoms with van der Waals surface area (Å²) in [6, 6.07) is 0.812. The van der Waals surface area contributed by atoms with Crippen LogP contribution in [-0.2, 0) is 0 Å². The predicted octanol–water partition coefficient (Wildman–Crippen LogP) is 0.864. The summed E-state index contributed by atoms with van der Waals surface area (Å²) in [6.45, 7) is 1.23. The molecule has 2 fully saturated rings. The van der Waals surface area contributed by atoms with Gasteiger partial charge in [-0.15, -0.1) is 12.4 Å². The Labute approximate surface area is 74.7 Å². The third kappa shape index (κ3) is 1.40. The molecule has 1 aliphatic carbocycles. The van der Waals surface area contributed by atoms with Crippen molar-refractivity contribution in [1.82, 2.24) is 10.2 Å². The number of rotatable bonds is 1. The molecule has 2 rings (SSSR count). The smallest absolute Gasteiger partial charge is 0.0338 e. The van der Waals surface area contributed by atoms with Crippen LogP contribution in [0.3, 0.4) is 0 Å². The number of hydrogen-bond donors (Lipinski definition) is 1.